The molecule has 1 aliphatic rings. The van der Waals surface area contributed by atoms with Gasteiger partial charge < -0.3 is 24.4 Å². The number of carbonyl (C=O) groups is 1. The average molecular weight is 449 g/mol. The highest BCUT2D eigenvalue weighted by Gasteiger charge is 2.23. The molecular weight excluding hydrogens is 424 g/mol. The Hall–Kier alpha value is -2.41. The summed E-state index contributed by atoms with van der Waals surface area (Å²) in [6.45, 7) is 2.17. The van der Waals surface area contributed by atoms with Crippen LogP contribution < -0.4 is 24.4 Å². The minimum absolute atomic E-state index is 0.267. The maximum atomic E-state index is 12.9. The van der Waals surface area contributed by atoms with E-state index in [0.29, 0.717) is 27.3 Å². The second-order valence-electron chi connectivity index (χ2n) is 6.56. The quantitative estimate of drug-likeness (QED) is 0.692. The van der Waals surface area contributed by atoms with E-state index in [4.69, 9.17) is 14.2 Å². The zero-order valence-electron chi connectivity index (χ0n) is 16.4. The molecule has 1 saturated heterocycles. The Morgan fingerprint density at radius 3 is 2.18 bits per heavy atom. The lowest BCUT2D eigenvalue weighted by Gasteiger charge is -2.28. The first-order valence-electron chi connectivity index (χ1n) is 9.24. The summed E-state index contributed by atoms with van der Waals surface area (Å²) in [4.78, 5) is 15.2. The third-order valence-electron chi connectivity index (χ3n) is 4.86. The number of amides is 1. The van der Waals surface area contributed by atoms with Crippen LogP contribution in [0.1, 0.15) is 29.6 Å². The number of piperidine rings is 1. The number of ether oxygens (including phenoxy) is 3. The molecule has 0 aliphatic carbocycles. The predicted octanol–water partition coefficient (Wildman–Crippen LogP) is 4.72. The Bertz CT molecular complexity index is 833. The highest BCUT2D eigenvalue weighted by Crippen LogP contribution is 2.44. The van der Waals surface area contributed by atoms with Crippen LogP contribution in [0.5, 0.6) is 17.2 Å². The van der Waals surface area contributed by atoms with Crippen molar-refractivity contribution >= 4 is 33.2 Å². The molecule has 1 aliphatic heterocycles. The smallest absolute Gasteiger partial charge is 0.257 e. The van der Waals surface area contributed by atoms with Crippen molar-refractivity contribution in [1.29, 1.82) is 0 Å². The number of halogens is 1. The van der Waals surface area contributed by atoms with Gasteiger partial charge in [0.2, 0.25) is 5.75 Å². The first-order chi connectivity index (χ1) is 13.6. The summed E-state index contributed by atoms with van der Waals surface area (Å²) in [5, 5.41) is 2.93. The van der Waals surface area contributed by atoms with Crippen molar-refractivity contribution in [2.24, 2.45) is 0 Å². The SMILES string of the molecule is COc1cc(C(=O)Nc2ccc(N3CCCCC3)cc2)c(Br)c(OC)c1OC. The summed E-state index contributed by atoms with van der Waals surface area (Å²) in [7, 11) is 4.56. The Kier molecular flexibility index (Phi) is 6.67. The first-order valence-corrected chi connectivity index (χ1v) is 10.0. The van der Waals surface area contributed by atoms with Gasteiger partial charge in [-0.05, 0) is 65.5 Å². The Morgan fingerprint density at radius 1 is 0.964 bits per heavy atom. The number of anilines is 2. The molecule has 1 N–H and O–H groups in total. The number of benzene rings is 2. The molecule has 0 radical (unpaired) electrons. The van der Waals surface area contributed by atoms with E-state index in [2.05, 4.69) is 26.1 Å². The summed E-state index contributed by atoms with van der Waals surface area (Å²) in [6.07, 6.45) is 3.76. The lowest BCUT2D eigenvalue weighted by atomic mass is 10.1. The van der Waals surface area contributed by atoms with Crippen molar-refractivity contribution in [2.45, 2.75) is 19.3 Å². The Labute approximate surface area is 173 Å². The summed E-state index contributed by atoms with van der Waals surface area (Å²) in [6, 6.07) is 9.57. The molecule has 1 heterocycles. The molecule has 0 aromatic heterocycles. The number of nitrogens with zero attached hydrogens (tertiary/aromatic N) is 1. The third kappa shape index (κ3) is 4.19. The summed E-state index contributed by atoms with van der Waals surface area (Å²) in [5.74, 6) is 0.997. The van der Waals surface area contributed by atoms with Gasteiger partial charge in [0.05, 0.1) is 31.4 Å². The van der Waals surface area contributed by atoms with Gasteiger partial charge in [0.25, 0.3) is 5.91 Å². The highest BCUT2D eigenvalue weighted by atomic mass is 79.9. The first kappa shape index (κ1) is 20.3. The van der Waals surface area contributed by atoms with Crippen molar-refractivity contribution in [2.75, 3.05) is 44.6 Å². The van der Waals surface area contributed by atoms with Gasteiger partial charge in [0, 0.05) is 24.5 Å². The van der Waals surface area contributed by atoms with E-state index < -0.39 is 0 Å². The summed E-state index contributed by atoms with van der Waals surface area (Å²) in [5.41, 5.74) is 2.31. The maximum absolute atomic E-state index is 12.9. The normalized spacial score (nSPS) is 13.8. The van der Waals surface area contributed by atoms with Gasteiger partial charge in [-0.15, -0.1) is 0 Å². The molecule has 0 atom stereocenters. The van der Waals surface area contributed by atoms with Gasteiger partial charge in [0.15, 0.2) is 11.5 Å². The van der Waals surface area contributed by atoms with E-state index in [1.165, 1.54) is 46.3 Å². The van der Waals surface area contributed by atoms with E-state index >= 15 is 0 Å². The van der Waals surface area contributed by atoms with E-state index in [1.54, 1.807) is 6.07 Å². The second-order valence-corrected chi connectivity index (χ2v) is 7.35. The fourth-order valence-corrected chi connectivity index (χ4v) is 4.03. The molecule has 1 fully saturated rings. The zero-order chi connectivity index (χ0) is 20.1. The number of rotatable bonds is 6. The number of hydrogen-bond donors (Lipinski definition) is 1. The van der Waals surface area contributed by atoms with Gasteiger partial charge in [0.1, 0.15) is 0 Å². The largest absolute Gasteiger partial charge is 0.493 e. The number of hydrogen-bond acceptors (Lipinski definition) is 5. The van der Waals surface area contributed by atoms with Gasteiger partial charge in [-0.3, -0.25) is 4.79 Å². The van der Waals surface area contributed by atoms with Crippen LogP contribution in [0.25, 0.3) is 0 Å². The van der Waals surface area contributed by atoms with E-state index in [0.717, 1.165) is 18.8 Å². The molecule has 1 amide bonds. The Balaban J connectivity index is 1.81. The number of carbonyl (C=O) groups excluding carboxylic acids is 1. The van der Waals surface area contributed by atoms with Gasteiger partial charge >= 0.3 is 0 Å². The summed E-state index contributed by atoms with van der Waals surface area (Å²) >= 11 is 3.45. The Morgan fingerprint density at radius 2 is 1.61 bits per heavy atom. The fourth-order valence-electron chi connectivity index (χ4n) is 3.39. The lowest BCUT2D eigenvalue weighted by Crippen LogP contribution is -2.29. The standard InChI is InChI=1S/C21H25BrN2O4/c1-26-17-13-16(18(22)20(28-3)19(17)27-2)21(25)23-14-7-9-15(10-8-14)24-11-5-4-6-12-24/h7-10,13H,4-6,11-12H2,1-3H3,(H,23,25). The van der Waals surface area contributed by atoms with Crippen LogP contribution in [0, 0.1) is 0 Å². The van der Waals surface area contributed by atoms with Gasteiger partial charge in [-0.25, -0.2) is 0 Å². The van der Waals surface area contributed by atoms with E-state index in [-0.39, 0.29) is 5.91 Å². The molecule has 0 spiro atoms. The molecule has 2 aromatic rings. The van der Waals surface area contributed by atoms with Gasteiger partial charge in [-0.2, -0.15) is 0 Å². The van der Waals surface area contributed by atoms with Crippen LogP contribution >= 0.6 is 15.9 Å². The fraction of sp³-hybridized carbons (Fsp3) is 0.381. The average Bonchev–Trinajstić information content (AvgIpc) is 2.74. The minimum atomic E-state index is -0.267. The molecule has 7 heteroatoms. The zero-order valence-corrected chi connectivity index (χ0v) is 18.0. The van der Waals surface area contributed by atoms with Crippen LogP contribution in [0.3, 0.4) is 0 Å². The molecule has 6 nitrogen and oxygen atoms in total. The summed E-state index contributed by atoms with van der Waals surface area (Å²) < 4.78 is 16.6. The van der Waals surface area contributed by atoms with Crippen molar-refractivity contribution < 1.29 is 19.0 Å². The molecule has 0 saturated carbocycles. The molecule has 3 rings (SSSR count). The lowest BCUT2D eigenvalue weighted by molar-refractivity contribution is 0.102. The van der Waals surface area contributed by atoms with Crippen molar-refractivity contribution in [3.05, 3.63) is 40.4 Å². The van der Waals surface area contributed by atoms with Gasteiger partial charge in [-0.1, -0.05) is 0 Å². The van der Waals surface area contributed by atoms with Crippen LogP contribution in [0.2, 0.25) is 0 Å². The minimum Gasteiger partial charge on any atom is -0.493 e. The van der Waals surface area contributed by atoms with Crippen LogP contribution in [-0.2, 0) is 0 Å². The van der Waals surface area contributed by atoms with Crippen molar-refractivity contribution in [3.63, 3.8) is 0 Å². The third-order valence-corrected chi connectivity index (χ3v) is 5.65. The number of methoxy groups -OCH3 is 3. The van der Waals surface area contributed by atoms with Crippen molar-refractivity contribution in [3.8, 4) is 17.2 Å². The predicted molar refractivity (Wildman–Crippen MR) is 114 cm³/mol. The highest BCUT2D eigenvalue weighted by molar-refractivity contribution is 9.10. The molecular formula is C21H25BrN2O4. The van der Waals surface area contributed by atoms with Crippen LogP contribution in [0.15, 0.2) is 34.8 Å². The van der Waals surface area contributed by atoms with E-state index in [9.17, 15) is 4.79 Å². The van der Waals surface area contributed by atoms with Crippen LogP contribution in [0.4, 0.5) is 11.4 Å². The van der Waals surface area contributed by atoms with E-state index in [1.807, 2.05) is 24.3 Å². The monoisotopic (exact) mass is 448 g/mol. The molecule has 2 aromatic carbocycles. The maximum Gasteiger partial charge on any atom is 0.257 e. The second kappa shape index (κ2) is 9.19. The molecule has 0 bridgehead atoms. The molecule has 0 unspecified atom stereocenters. The topological polar surface area (TPSA) is 60.0 Å². The van der Waals surface area contributed by atoms with Crippen LogP contribution in [-0.4, -0.2) is 40.3 Å². The van der Waals surface area contributed by atoms with Crippen molar-refractivity contribution in [1.82, 2.24) is 0 Å². The number of nitrogens with one attached hydrogen (secondary N) is 1. The molecule has 150 valence electrons. The molecule has 28 heavy (non-hydrogen) atoms.